The number of aryl methyl sites for hydroxylation is 2. The molecule has 0 saturated heterocycles. The summed E-state index contributed by atoms with van der Waals surface area (Å²) in [6.07, 6.45) is 1.98. The van der Waals surface area contributed by atoms with E-state index < -0.39 is 0 Å². The predicted octanol–water partition coefficient (Wildman–Crippen LogP) is 17.6. The van der Waals surface area contributed by atoms with Crippen molar-refractivity contribution in [3.05, 3.63) is 248 Å². The number of fused-ring (bicyclic) bond motifs is 4. The summed E-state index contributed by atoms with van der Waals surface area (Å²) in [7, 11) is 0. The summed E-state index contributed by atoms with van der Waals surface area (Å²) in [5.74, 6) is 2.00. The second-order valence-electron chi connectivity index (χ2n) is 19.5. The molecule has 5 nitrogen and oxygen atoms in total. The molecular formula is C66H51N4OPt-3. The van der Waals surface area contributed by atoms with Gasteiger partial charge >= 0.3 is 0 Å². The van der Waals surface area contributed by atoms with Gasteiger partial charge in [-0.2, -0.15) is 12.1 Å². The third kappa shape index (κ3) is 8.58. The largest absolute Gasteiger partial charge is 0.509 e. The summed E-state index contributed by atoms with van der Waals surface area (Å²) in [6.45, 7) is 13.2. The van der Waals surface area contributed by atoms with Gasteiger partial charge < -0.3 is 19.1 Å². The van der Waals surface area contributed by atoms with Gasteiger partial charge in [0.05, 0.1) is 0 Å². The Balaban J connectivity index is 0.00000560. The third-order valence-electron chi connectivity index (χ3n) is 13.7. The molecule has 3 heterocycles. The number of ether oxygens (including phenoxy) is 1. The van der Waals surface area contributed by atoms with Crippen LogP contribution in [0.15, 0.2) is 212 Å². The molecule has 1 aliphatic rings. The molecule has 0 bridgehead atoms. The second kappa shape index (κ2) is 19.0. The van der Waals surface area contributed by atoms with Gasteiger partial charge in [-0.3, -0.25) is 0 Å². The zero-order valence-electron chi connectivity index (χ0n) is 40.8. The molecule has 9 aromatic carbocycles. The van der Waals surface area contributed by atoms with Gasteiger partial charge in [-0.05, 0) is 93.9 Å². The molecular weight excluding hydrogens is 1060 g/mol. The Morgan fingerprint density at radius 3 is 1.89 bits per heavy atom. The molecule has 0 amide bonds. The van der Waals surface area contributed by atoms with Gasteiger partial charge in [0.1, 0.15) is 5.82 Å². The molecule has 354 valence electrons. The van der Waals surface area contributed by atoms with Crippen molar-refractivity contribution in [2.75, 3.05) is 9.80 Å². The van der Waals surface area contributed by atoms with Crippen LogP contribution in [0.4, 0.5) is 22.7 Å². The number of anilines is 4. The first-order valence-electron chi connectivity index (χ1n) is 24.3. The molecule has 0 spiro atoms. The summed E-state index contributed by atoms with van der Waals surface area (Å²) in [5, 5.41) is 2.21. The summed E-state index contributed by atoms with van der Waals surface area (Å²) >= 11 is 0. The molecule has 0 unspecified atom stereocenters. The Kier molecular flexibility index (Phi) is 12.2. The number of rotatable bonds is 9. The van der Waals surface area contributed by atoms with Gasteiger partial charge in [-0.1, -0.05) is 177 Å². The van der Waals surface area contributed by atoms with Crippen LogP contribution < -0.4 is 14.5 Å². The monoisotopic (exact) mass is 1110 g/mol. The van der Waals surface area contributed by atoms with E-state index >= 15 is 0 Å². The topological polar surface area (TPSA) is 33.5 Å². The summed E-state index contributed by atoms with van der Waals surface area (Å²) in [4.78, 5) is 9.61. The Hall–Kier alpha value is -7.98. The minimum Gasteiger partial charge on any atom is -0.509 e. The first-order valence-corrected chi connectivity index (χ1v) is 24.3. The fourth-order valence-electron chi connectivity index (χ4n) is 10.0. The van der Waals surface area contributed by atoms with Crippen molar-refractivity contribution in [1.82, 2.24) is 9.55 Å². The zero-order chi connectivity index (χ0) is 48.2. The zero-order valence-corrected chi connectivity index (χ0v) is 43.1. The van der Waals surface area contributed by atoms with Crippen molar-refractivity contribution in [3.8, 4) is 61.8 Å². The van der Waals surface area contributed by atoms with Crippen molar-refractivity contribution in [3.63, 3.8) is 0 Å². The Morgan fingerprint density at radius 1 is 0.500 bits per heavy atom. The minimum atomic E-state index is 0. The molecule has 6 heteroatoms. The summed E-state index contributed by atoms with van der Waals surface area (Å²) in [5.41, 5.74) is 18.9. The van der Waals surface area contributed by atoms with E-state index in [9.17, 15) is 0 Å². The maximum Gasteiger partial charge on any atom is 0.135 e. The van der Waals surface area contributed by atoms with E-state index in [4.69, 9.17) is 9.72 Å². The number of para-hydroxylation sites is 4. The maximum atomic E-state index is 6.72. The van der Waals surface area contributed by atoms with Crippen molar-refractivity contribution in [2.45, 2.75) is 40.0 Å². The molecule has 0 aliphatic carbocycles. The quantitative estimate of drug-likeness (QED) is 0.135. The van der Waals surface area contributed by atoms with E-state index in [1.807, 2.05) is 24.4 Å². The van der Waals surface area contributed by atoms with Crippen LogP contribution in [-0.2, 0) is 26.5 Å². The van der Waals surface area contributed by atoms with Gasteiger partial charge in [0, 0.05) is 78.0 Å². The summed E-state index contributed by atoms with van der Waals surface area (Å²) in [6, 6.07) is 80.6. The number of nitrogens with zero attached hydrogens (tertiary/aromatic N) is 4. The second-order valence-corrected chi connectivity index (χ2v) is 19.5. The standard InChI is InChI=1S/C66H51N4O.Pt/c1-44-28-30-48(31-29-44)59-42-67-64(38-45(59)2)70-60-25-10-9-22-57(60)58-37-36-54(41-63(58)70)71-53-21-14-20-52(40-53)68-43-69(62-27-12-11-26-61(62)68)65-55(47-32-34-51(35-33-47)66(3,4)5)23-15-24-56(65)50-19-13-18-49(39-50)46-16-7-6-8-17-46;/h6-39,42-43H,1-5H3;/q-3;. The van der Waals surface area contributed by atoms with E-state index in [0.29, 0.717) is 11.5 Å². The fraction of sp³-hybridized carbons (Fsp3) is 0.0909. The van der Waals surface area contributed by atoms with Gasteiger partial charge in [-0.15, -0.1) is 48.1 Å². The molecule has 11 aromatic rings. The van der Waals surface area contributed by atoms with Crippen LogP contribution in [0.3, 0.4) is 0 Å². The number of hydrogen-bond donors (Lipinski definition) is 0. The SMILES string of the molecule is Cc1ccc(-c2cnc(-n3c4[c-]c(Oc5[c-]c(N6[CH-]N(c7c(-c8ccc(C(C)(C)C)cc8)cccc7-c7cccc(-c8ccccc8)c7)c7ccccc76)ccc5)ccc4c4ccccc43)cc2C)cc1.[Pt]. The van der Waals surface area contributed by atoms with E-state index in [-0.39, 0.29) is 26.5 Å². The molecule has 0 atom stereocenters. The van der Waals surface area contributed by atoms with Gasteiger partial charge in [0.15, 0.2) is 0 Å². The molecule has 2 aromatic heterocycles. The Morgan fingerprint density at radius 2 is 1.12 bits per heavy atom. The smallest absolute Gasteiger partial charge is 0.135 e. The average Bonchev–Trinajstić information content (AvgIpc) is 3.95. The number of benzene rings is 9. The van der Waals surface area contributed by atoms with Crippen molar-refractivity contribution >= 4 is 44.6 Å². The Labute approximate surface area is 436 Å². The van der Waals surface area contributed by atoms with E-state index in [0.717, 1.165) is 89.3 Å². The van der Waals surface area contributed by atoms with Crippen LogP contribution in [0.1, 0.15) is 37.5 Å². The van der Waals surface area contributed by atoms with Crippen LogP contribution in [0.2, 0.25) is 0 Å². The van der Waals surface area contributed by atoms with E-state index in [1.54, 1.807) is 0 Å². The fourth-order valence-corrected chi connectivity index (χ4v) is 10.0. The first kappa shape index (κ1) is 46.4. The molecule has 0 fully saturated rings. The molecule has 1 aliphatic heterocycles. The van der Waals surface area contributed by atoms with Gasteiger partial charge in [0.2, 0.25) is 0 Å². The van der Waals surface area contributed by atoms with Gasteiger partial charge in [-0.25, -0.2) is 4.98 Å². The average molecular weight is 1110 g/mol. The predicted molar refractivity (Wildman–Crippen MR) is 294 cm³/mol. The maximum absolute atomic E-state index is 6.72. The molecule has 0 saturated carbocycles. The summed E-state index contributed by atoms with van der Waals surface area (Å²) < 4.78 is 8.91. The van der Waals surface area contributed by atoms with E-state index in [1.165, 1.54) is 22.3 Å². The normalized spacial score (nSPS) is 12.3. The Bertz CT molecular complexity index is 3780. The number of aromatic nitrogens is 2. The third-order valence-corrected chi connectivity index (χ3v) is 13.7. The minimum absolute atomic E-state index is 0. The van der Waals surface area contributed by atoms with Crippen LogP contribution in [-0.4, -0.2) is 9.55 Å². The van der Waals surface area contributed by atoms with Crippen molar-refractivity contribution < 1.29 is 25.8 Å². The molecule has 12 rings (SSSR count). The van der Waals surface area contributed by atoms with Crippen LogP contribution in [0.5, 0.6) is 11.5 Å². The van der Waals surface area contributed by atoms with Gasteiger partial charge in [0.25, 0.3) is 0 Å². The molecule has 0 N–H and O–H groups in total. The van der Waals surface area contributed by atoms with Crippen LogP contribution in [0, 0.1) is 32.6 Å². The van der Waals surface area contributed by atoms with Crippen LogP contribution >= 0.6 is 0 Å². The van der Waals surface area contributed by atoms with E-state index in [2.05, 4.69) is 256 Å². The first-order chi connectivity index (χ1) is 34.6. The molecule has 72 heavy (non-hydrogen) atoms. The number of hydrogen-bond acceptors (Lipinski definition) is 4. The van der Waals surface area contributed by atoms with Crippen molar-refractivity contribution in [1.29, 1.82) is 0 Å². The van der Waals surface area contributed by atoms with Crippen molar-refractivity contribution in [2.24, 2.45) is 0 Å². The molecule has 0 radical (unpaired) electrons. The number of pyridine rings is 1. The van der Waals surface area contributed by atoms with Crippen LogP contribution in [0.25, 0.3) is 72.1 Å².